The number of aryl methyl sites for hydroxylation is 1. The van der Waals surface area contributed by atoms with Crippen LogP contribution >= 0.6 is 0 Å². The second-order valence-electron chi connectivity index (χ2n) is 5.12. The molecule has 1 aromatic carbocycles. The molecule has 5 heteroatoms. The lowest BCUT2D eigenvalue weighted by Crippen LogP contribution is -2.56. The van der Waals surface area contributed by atoms with E-state index < -0.39 is 0 Å². The SMILES string of the molecule is CNC(=O)C1CNCCN1Cc1cc(C)ccc1OC. The second-order valence-corrected chi connectivity index (χ2v) is 5.12. The number of ether oxygens (including phenoxy) is 1. The minimum atomic E-state index is -0.126. The first kappa shape index (κ1) is 14.8. The zero-order chi connectivity index (χ0) is 14.5. The number of carbonyl (C=O) groups is 1. The molecular formula is C15H23N3O2. The number of hydrogen-bond acceptors (Lipinski definition) is 4. The molecule has 0 aromatic heterocycles. The molecule has 1 aromatic rings. The van der Waals surface area contributed by atoms with Crippen molar-refractivity contribution in [2.24, 2.45) is 0 Å². The Morgan fingerprint density at radius 2 is 2.35 bits per heavy atom. The average molecular weight is 277 g/mol. The van der Waals surface area contributed by atoms with Crippen molar-refractivity contribution in [2.75, 3.05) is 33.8 Å². The van der Waals surface area contributed by atoms with Crippen LogP contribution in [0.1, 0.15) is 11.1 Å². The molecule has 1 aliphatic rings. The van der Waals surface area contributed by atoms with E-state index in [1.54, 1.807) is 14.2 Å². The lowest BCUT2D eigenvalue weighted by molar-refractivity contribution is -0.126. The predicted molar refractivity (Wildman–Crippen MR) is 78.9 cm³/mol. The molecule has 20 heavy (non-hydrogen) atoms. The summed E-state index contributed by atoms with van der Waals surface area (Å²) in [6.45, 7) is 5.24. The second kappa shape index (κ2) is 6.72. The van der Waals surface area contributed by atoms with Gasteiger partial charge in [-0.2, -0.15) is 0 Å². The summed E-state index contributed by atoms with van der Waals surface area (Å²) >= 11 is 0. The van der Waals surface area contributed by atoms with Crippen molar-refractivity contribution < 1.29 is 9.53 Å². The topological polar surface area (TPSA) is 53.6 Å². The van der Waals surface area contributed by atoms with Gasteiger partial charge in [-0.1, -0.05) is 17.7 Å². The number of rotatable bonds is 4. The summed E-state index contributed by atoms with van der Waals surface area (Å²) < 4.78 is 5.42. The van der Waals surface area contributed by atoms with Crippen molar-refractivity contribution >= 4 is 5.91 Å². The van der Waals surface area contributed by atoms with Crippen LogP contribution < -0.4 is 15.4 Å². The quantitative estimate of drug-likeness (QED) is 0.843. The van der Waals surface area contributed by atoms with Crippen LogP contribution in [0.2, 0.25) is 0 Å². The summed E-state index contributed by atoms with van der Waals surface area (Å²) in [4.78, 5) is 14.2. The zero-order valence-electron chi connectivity index (χ0n) is 12.4. The Morgan fingerprint density at radius 3 is 3.05 bits per heavy atom. The molecule has 1 saturated heterocycles. The van der Waals surface area contributed by atoms with Gasteiger partial charge in [0.25, 0.3) is 0 Å². The summed E-state index contributed by atoms with van der Waals surface area (Å²) in [5.74, 6) is 0.939. The van der Waals surface area contributed by atoms with E-state index in [0.29, 0.717) is 6.54 Å². The molecule has 0 bridgehead atoms. The fraction of sp³-hybridized carbons (Fsp3) is 0.533. The van der Waals surface area contributed by atoms with Crippen molar-refractivity contribution in [3.63, 3.8) is 0 Å². The predicted octanol–water partition coefficient (Wildman–Crippen LogP) is 0.523. The molecule has 1 heterocycles. The van der Waals surface area contributed by atoms with Crippen molar-refractivity contribution in [3.05, 3.63) is 29.3 Å². The van der Waals surface area contributed by atoms with Gasteiger partial charge >= 0.3 is 0 Å². The first-order valence-corrected chi connectivity index (χ1v) is 6.95. The molecular weight excluding hydrogens is 254 g/mol. The average Bonchev–Trinajstić information content (AvgIpc) is 2.47. The molecule has 1 aliphatic heterocycles. The minimum Gasteiger partial charge on any atom is -0.496 e. The molecule has 0 radical (unpaired) electrons. The van der Waals surface area contributed by atoms with Crippen molar-refractivity contribution in [2.45, 2.75) is 19.5 Å². The van der Waals surface area contributed by atoms with Crippen LogP contribution in [-0.4, -0.2) is 50.6 Å². The van der Waals surface area contributed by atoms with Crippen molar-refractivity contribution in [1.29, 1.82) is 0 Å². The summed E-state index contributed by atoms with van der Waals surface area (Å²) in [6.07, 6.45) is 0. The Balaban J connectivity index is 2.18. The van der Waals surface area contributed by atoms with Gasteiger partial charge in [-0.15, -0.1) is 0 Å². The molecule has 5 nitrogen and oxygen atoms in total. The fourth-order valence-corrected chi connectivity index (χ4v) is 2.61. The van der Waals surface area contributed by atoms with Crippen LogP contribution in [0.25, 0.3) is 0 Å². The van der Waals surface area contributed by atoms with Gasteiger partial charge in [0.15, 0.2) is 0 Å². The van der Waals surface area contributed by atoms with Gasteiger partial charge in [0.2, 0.25) is 5.91 Å². The monoisotopic (exact) mass is 277 g/mol. The van der Waals surface area contributed by atoms with Crippen LogP contribution in [-0.2, 0) is 11.3 Å². The minimum absolute atomic E-state index is 0.0591. The molecule has 2 rings (SSSR count). The first-order chi connectivity index (χ1) is 9.65. The molecule has 0 spiro atoms. The Kier molecular flexibility index (Phi) is 4.98. The number of amides is 1. The molecule has 110 valence electrons. The van der Waals surface area contributed by atoms with E-state index in [-0.39, 0.29) is 11.9 Å². The highest BCUT2D eigenvalue weighted by Gasteiger charge is 2.28. The van der Waals surface area contributed by atoms with Crippen molar-refractivity contribution in [1.82, 2.24) is 15.5 Å². The van der Waals surface area contributed by atoms with Gasteiger partial charge < -0.3 is 15.4 Å². The normalized spacial score (nSPS) is 19.6. The lowest BCUT2D eigenvalue weighted by Gasteiger charge is -2.35. The number of nitrogens with one attached hydrogen (secondary N) is 2. The molecule has 0 aliphatic carbocycles. The maximum atomic E-state index is 12.0. The standard InChI is InChI=1S/C15H23N3O2/c1-11-4-5-14(20-3)12(8-11)10-18-7-6-17-9-13(18)15(19)16-2/h4-5,8,13,17H,6-7,9-10H2,1-3H3,(H,16,19). The number of hydrogen-bond donors (Lipinski definition) is 2. The summed E-state index contributed by atoms with van der Waals surface area (Å²) in [6, 6.07) is 6.03. The maximum Gasteiger partial charge on any atom is 0.238 e. The van der Waals surface area contributed by atoms with E-state index in [1.807, 2.05) is 12.1 Å². The highest BCUT2D eigenvalue weighted by atomic mass is 16.5. The fourth-order valence-electron chi connectivity index (χ4n) is 2.61. The maximum absolute atomic E-state index is 12.0. The summed E-state index contributed by atoms with van der Waals surface area (Å²) in [7, 11) is 3.37. The Morgan fingerprint density at radius 1 is 1.55 bits per heavy atom. The van der Waals surface area contributed by atoms with Gasteiger partial charge in [-0.05, 0) is 13.0 Å². The molecule has 1 amide bonds. The molecule has 1 atom stereocenters. The van der Waals surface area contributed by atoms with Crippen LogP contribution in [0.15, 0.2) is 18.2 Å². The molecule has 2 N–H and O–H groups in total. The number of likely N-dealkylation sites (N-methyl/N-ethyl adjacent to an activating group) is 1. The number of benzene rings is 1. The third kappa shape index (κ3) is 3.29. The molecule has 1 unspecified atom stereocenters. The Hall–Kier alpha value is -1.59. The zero-order valence-corrected chi connectivity index (χ0v) is 12.4. The van der Waals surface area contributed by atoms with E-state index in [9.17, 15) is 4.79 Å². The number of piperazine rings is 1. The van der Waals surface area contributed by atoms with Gasteiger partial charge in [-0.25, -0.2) is 0 Å². The lowest BCUT2D eigenvalue weighted by atomic mass is 10.1. The van der Waals surface area contributed by atoms with Crippen LogP contribution in [0.3, 0.4) is 0 Å². The molecule has 0 saturated carbocycles. The Labute approximate surface area is 120 Å². The number of carbonyl (C=O) groups excluding carboxylic acids is 1. The summed E-state index contributed by atoms with van der Waals surface area (Å²) in [5, 5.41) is 6.01. The highest BCUT2D eigenvalue weighted by Crippen LogP contribution is 2.22. The summed E-state index contributed by atoms with van der Waals surface area (Å²) in [5.41, 5.74) is 2.33. The van der Waals surface area contributed by atoms with Gasteiger partial charge in [-0.3, -0.25) is 9.69 Å². The number of nitrogens with zero attached hydrogens (tertiary/aromatic N) is 1. The van der Waals surface area contributed by atoms with Gasteiger partial charge in [0.1, 0.15) is 11.8 Å². The Bertz CT molecular complexity index is 476. The first-order valence-electron chi connectivity index (χ1n) is 6.95. The van der Waals surface area contributed by atoms with Gasteiger partial charge in [0.05, 0.1) is 7.11 Å². The third-order valence-electron chi connectivity index (χ3n) is 3.71. The van der Waals surface area contributed by atoms with E-state index in [0.717, 1.165) is 30.9 Å². The van der Waals surface area contributed by atoms with E-state index in [4.69, 9.17) is 4.74 Å². The molecule has 1 fully saturated rings. The van der Waals surface area contributed by atoms with Crippen LogP contribution in [0.4, 0.5) is 0 Å². The third-order valence-corrected chi connectivity index (χ3v) is 3.71. The van der Waals surface area contributed by atoms with Crippen LogP contribution in [0.5, 0.6) is 5.75 Å². The largest absolute Gasteiger partial charge is 0.496 e. The number of methoxy groups -OCH3 is 1. The van der Waals surface area contributed by atoms with E-state index >= 15 is 0 Å². The van der Waals surface area contributed by atoms with Crippen LogP contribution in [0, 0.1) is 6.92 Å². The van der Waals surface area contributed by atoms with E-state index in [1.165, 1.54) is 5.56 Å². The van der Waals surface area contributed by atoms with Crippen molar-refractivity contribution in [3.8, 4) is 5.75 Å². The van der Waals surface area contributed by atoms with E-state index in [2.05, 4.69) is 28.5 Å². The highest BCUT2D eigenvalue weighted by molar-refractivity contribution is 5.81. The van der Waals surface area contributed by atoms with Gasteiger partial charge in [0, 0.05) is 38.8 Å². The smallest absolute Gasteiger partial charge is 0.238 e.